The molecule has 4 rings (SSSR count). The molecule has 3 N–H and O–H groups in total. The molecular formula is C21H23F3N4O4S. The molecule has 2 aromatic heterocycles. The van der Waals surface area contributed by atoms with E-state index in [-0.39, 0.29) is 23.0 Å². The lowest BCUT2D eigenvalue weighted by Crippen LogP contribution is -2.57. The van der Waals surface area contributed by atoms with Crippen LogP contribution in [0.2, 0.25) is 0 Å². The molecule has 2 amide bonds. The van der Waals surface area contributed by atoms with Crippen molar-refractivity contribution in [2.45, 2.75) is 63.7 Å². The summed E-state index contributed by atoms with van der Waals surface area (Å²) in [5.74, 6) is -2.33. The standard InChI is InChI=1S/C21H23F3N4O4S/c1-11-14(17(31)26-19-25-9-13(33-19)21(22,23)24)12-5-2-3-8-28(12)15(11)16(30)18(32)27-20(10-29)6-4-7-20/h9,29H,2-8,10H2,1H3,(H,27,32)(H,25,26,31). The maximum Gasteiger partial charge on any atom is 0.427 e. The number of carbonyl (C=O) groups is 3. The predicted octanol–water partition coefficient (Wildman–Crippen LogP) is 3.07. The molecule has 1 fully saturated rings. The fourth-order valence-electron chi connectivity index (χ4n) is 4.42. The summed E-state index contributed by atoms with van der Waals surface area (Å²) in [5, 5.41) is 14.4. The predicted molar refractivity (Wildman–Crippen MR) is 113 cm³/mol. The number of hydrogen-bond donors (Lipinski definition) is 3. The van der Waals surface area contributed by atoms with E-state index in [4.69, 9.17) is 0 Å². The number of aliphatic hydroxyl groups excluding tert-OH is 1. The molecule has 178 valence electrons. The Morgan fingerprint density at radius 2 is 1.97 bits per heavy atom. The summed E-state index contributed by atoms with van der Waals surface area (Å²) in [6, 6.07) is 0. The highest BCUT2D eigenvalue weighted by Crippen LogP contribution is 2.36. The number of Topliss-reactive ketones (excluding diaryl/α,β-unsaturated/α-hetero) is 1. The van der Waals surface area contributed by atoms with Gasteiger partial charge >= 0.3 is 6.18 Å². The smallest absolute Gasteiger partial charge is 0.394 e. The summed E-state index contributed by atoms with van der Waals surface area (Å²) >= 11 is 0.312. The Morgan fingerprint density at radius 3 is 2.55 bits per heavy atom. The van der Waals surface area contributed by atoms with Crippen molar-refractivity contribution in [1.29, 1.82) is 0 Å². The van der Waals surface area contributed by atoms with Gasteiger partial charge < -0.3 is 15.0 Å². The van der Waals surface area contributed by atoms with Gasteiger partial charge in [0, 0.05) is 12.2 Å². The van der Waals surface area contributed by atoms with Gasteiger partial charge in [0.05, 0.1) is 29.6 Å². The fourth-order valence-corrected chi connectivity index (χ4v) is 5.10. The molecule has 1 saturated carbocycles. The molecule has 0 saturated heterocycles. The first kappa shape index (κ1) is 23.4. The maximum absolute atomic E-state index is 13.1. The Kier molecular flexibility index (Phi) is 6.08. The lowest BCUT2D eigenvalue weighted by atomic mass is 9.77. The van der Waals surface area contributed by atoms with Crippen molar-refractivity contribution in [2.75, 3.05) is 11.9 Å². The van der Waals surface area contributed by atoms with Crippen molar-refractivity contribution >= 4 is 34.1 Å². The van der Waals surface area contributed by atoms with Crippen LogP contribution in [0, 0.1) is 6.92 Å². The number of fused-ring (bicyclic) bond motifs is 1. The summed E-state index contributed by atoms with van der Waals surface area (Å²) in [7, 11) is 0. The van der Waals surface area contributed by atoms with Gasteiger partial charge in [0.15, 0.2) is 5.13 Å². The van der Waals surface area contributed by atoms with E-state index in [9.17, 15) is 32.7 Å². The van der Waals surface area contributed by atoms with Crippen LogP contribution in [0.15, 0.2) is 6.20 Å². The van der Waals surface area contributed by atoms with Crippen molar-refractivity contribution in [3.8, 4) is 0 Å². The third kappa shape index (κ3) is 4.29. The average Bonchev–Trinajstić information content (AvgIpc) is 3.31. The monoisotopic (exact) mass is 484 g/mol. The highest BCUT2D eigenvalue weighted by atomic mass is 32.1. The molecule has 0 bridgehead atoms. The minimum atomic E-state index is -4.56. The van der Waals surface area contributed by atoms with Crippen molar-refractivity contribution in [1.82, 2.24) is 14.9 Å². The van der Waals surface area contributed by atoms with Crippen LogP contribution in [0.25, 0.3) is 0 Å². The van der Waals surface area contributed by atoms with Crippen LogP contribution in [0.1, 0.15) is 69.1 Å². The first-order valence-corrected chi connectivity index (χ1v) is 11.4. The quantitative estimate of drug-likeness (QED) is 0.431. The lowest BCUT2D eigenvalue weighted by Gasteiger charge is -2.40. The van der Waals surface area contributed by atoms with Crippen LogP contribution in [-0.4, -0.2) is 44.4 Å². The number of rotatable bonds is 6. The third-order valence-electron chi connectivity index (χ3n) is 6.31. The topological polar surface area (TPSA) is 113 Å². The molecule has 0 unspecified atom stereocenters. The van der Waals surface area contributed by atoms with E-state index >= 15 is 0 Å². The zero-order chi connectivity index (χ0) is 24.0. The van der Waals surface area contributed by atoms with E-state index < -0.39 is 34.2 Å². The van der Waals surface area contributed by atoms with Crippen molar-refractivity contribution in [3.63, 3.8) is 0 Å². The van der Waals surface area contributed by atoms with E-state index in [1.165, 1.54) is 0 Å². The number of halogens is 3. The van der Waals surface area contributed by atoms with Crippen LogP contribution >= 0.6 is 11.3 Å². The first-order valence-electron chi connectivity index (χ1n) is 10.6. The summed E-state index contributed by atoms with van der Waals surface area (Å²) in [5.41, 5.74) is 0.341. The fraction of sp³-hybridized carbons (Fsp3) is 0.524. The minimum absolute atomic E-state index is 0.0925. The largest absolute Gasteiger partial charge is 0.427 e. The Balaban J connectivity index is 1.63. The van der Waals surface area contributed by atoms with Crippen molar-refractivity contribution in [2.24, 2.45) is 0 Å². The number of aromatic nitrogens is 2. The number of hydrogen-bond acceptors (Lipinski definition) is 6. The molecule has 0 spiro atoms. The summed E-state index contributed by atoms with van der Waals surface area (Å²) < 4.78 is 40.2. The highest BCUT2D eigenvalue weighted by Gasteiger charge is 2.41. The van der Waals surface area contributed by atoms with Gasteiger partial charge in [-0.15, -0.1) is 0 Å². The number of anilines is 1. The van der Waals surface area contributed by atoms with Crippen molar-refractivity contribution < 1.29 is 32.7 Å². The van der Waals surface area contributed by atoms with Crippen LogP contribution in [0.5, 0.6) is 0 Å². The van der Waals surface area contributed by atoms with Gasteiger partial charge in [0.25, 0.3) is 17.6 Å². The molecule has 0 atom stereocenters. The number of carbonyl (C=O) groups excluding carboxylic acids is 3. The SMILES string of the molecule is Cc1c(C(=O)Nc2ncc(C(F)(F)F)s2)c2n(c1C(=O)C(=O)NC1(CO)CCC1)CCCC2. The molecule has 2 aromatic rings. The Morgan fingerprint density at radius 1 is 1.24 bits per heavy atom. The number of aliphatic hydroxyl groups is 1. The minimum Gasteiger partial charge on any atom is -0.394 e. The average molecular weight is 485 g/mol. The second-order valence-corrected chi connectivity index (χ2v) is 9.49. The first-order chi connectivity index (χ1) is 15.6. The molecule has 12 heteroatoms. The summed E-state index contributed by atoms with van der Waals surface area (Å²) in [4.78, 5) is 41.5. The second kappa shape index (κ2) is 8.56. The second-order valence-electron chi connectivity index (χ2n) is 8.46. The van der Waals surface area contributed by atoms with E-state index in [1.54, 1.807) is 11.5 Å². The Labute approximate surface area is 191 Å². The van der Waals surface area contributed by atoms with Gasteiger partial charge in [-0.25, -0.2) is 4.98 Å². The van der Waals surface area contributed by atoms with E-state index in [2.05, 4.69) is 15.6 Å². The van der Waals surface area contributed by atoms with E-state index in [0.717, 1.165) is 19.3 Å². The normalized spacial score (nSPS) is 17.1. The summed E-state index contributed by atoms with van der Waals surface area (Å²) in [6.07, 6.45) is 0.101. The highest BCUT2D eigenvalue weighted by molar-refractivity contribution is 7.15. The van der Waals surface area contributed by atoms with E-state index in [1.807, 2.05) is 0 Å². The molecule has 0 aromatic carbocycles. The number of thiazole rings is 1. The van der Waals surface area contributed by atoms with Crippen LogP contribution in [0.4, 0.5) is 18.3 Å². The maximum atomic E-state index is 13.1. The zero-order valence-electron chi connectivity index (χ0n) is 17.8. The molecule has 0 radical (unpaired) electrons. The molecule has 33 heavy (non-hydrogen) atoms. The van der Waals surface area contributed by atoms with Gasteiger partial charge in [-0.1, -0.05) is 11.3 Å². The van der Waals surface area contributed by atoms with Crippen molar-refractivity contribution in [3.05, 3.63) is 33.6 Å². The molecule has 2 aliphatic rings. The summed E-state index contributed by atoms with van der Waals surface area (Å²) in [6.45, 7) is 1.73. The number of alkyl halides is 3. The number of nitrogens with one attached hydrogen (secondary N) is 2. The number of amides is 2. The van der Waals surface area contributed by atoms with E-state index in [0.29, 0.717) is 54.6 Å². The van der Waals surface area contributed by atoms with Gasteiger partial charge in [0.1, 0.15) is 4.88 Å². The third-order valence-corrected chi connectivity index (χ3v) is 7.26. The van der Waals surface area contributed by atoms with Crippen LogP contribution < -0.4 is 10.6 Å². The molecular weight excluding hydrogens is 461 g/mol. The van der Waals surface area contributed by atoms with Crippen LogP contribution in [0.3, 0.4) is 0 Å². The van der Waals surface area contributed by atoms with Gasteiger partial charge in [-0.3, -0.25) is 19.7 Å². The number of ketones is 1. The van der Waals surface area contributed by atoms with Gasteiger partial charge in [-0.05, 0) is 51.0 Å². The van der Waals surface area contributed by atoms with Gasteiger partial charge in [0.2, 0.25) is 0 Å². The molecule has 1 aliphatic carbocycles. The van der Waals surface area contributed by atoms with Crippen LogP contribution in [-0.2, 0) is 23.9 Å². The Hall–Kier alpha value is -2.73. The molecule has 3 heterocycles. The molecule has 1 aliphatic heterocycles. The zero-order valence-corrected chi connectivity index (χ0v) is 18.7. The number of nitrogens with zero attached hydrogens (tertiary/aromatic N) is 2. The molecule has 8 nitrogen and oxygen atoms in total. The lowest BCUT2D eigenvalue weighted by molar-refractivity contribution is -0.134. The Bertz CT molecular complexity index is 1110. The van der Waals surface area contributed by atoms with Gasteiger partial charge in [-0.2, -0.15) is 13.2 Å².